The predicted octanol–water partition coefficient (Wildman–Crippen LogP) is 5.47. The lowest BCUT2D eigenvalue weighted by atomic mass is 9.95. The average molecular weight is 554 g/mol. The normalized spacial score (nSPS) is 19.3. The minimum Gasteiger partial charge on any atom is -0.341 e. The summed E-state index contributed by atoms with van der Waals surface area (Å²) in [5.74, 6) is -2.02. The number of hydrogen-bond acceptors (Lipinski definition) is 6. The van der Waals surface area contributed by atoms with Crippen molar-refractivity contribution in [3.8, 4) is 5.69 Å². The molecular weight excluding hydrogens is 529 g/mol. The summed E-state index contributed by atoms with van der Waals surface area (Å²) >= 11 is 6.28. The fraction of sp³-hybridized carbons (Fsp3) is 0.520. The van der Waals surface area contributed by atoms with Gasteiger partial charge in [0.05, 0.1) is 18.8 Å². The van der Waals surface area contributed by atoms with Gasteiger partial charge in [-0.05, 0) is 55.5 Å². The standard InChI is InChI=1S/C25H25ClF5N7/c26-18-3-4-19-16(11-18)12-36(14-24(27,28)17-1-2-17)13-21-34-35-22(38(19)21)15-6-9-37(10-7-15)23-32-8-5-20(33-23)25(29,30)31/h3-5,8,11,15,17H,1-2,6-7,9-10,12-14H2. The van der Waals surface area contributed by atoms with Gasteiger partial charge < -0.3 is 4.90 Å². The predicted molar refractivity (Wildman–Crippen MR) is 129 cm³/mol. The van der Waals surface area contributed by atoms with Crippen LogP contribution >= 0.6 is 11.6 Å². The first-order valence-corrected chi connectivity index (χ1v) is 12.9. The van der Waals surface area contributed by atoms with Gasteiger partial charge in [-0.1, -0.05) is 11.6 Å². The highest BCUT2D eigenvalue weighted by atomic mass is 35.5. The van der Waals surface area contributed by atoms with Crippen molar-refractivity contribution in [1.82, 2.24) is 29.6 Å². The number of benzene rings is 1. The van der Waals surface area contributed by atoms with Gasteiger partial charge in [0.1, 0.15) is 11.5 Å². The lowest BCUT2D eigenvalue weighted by molar-refractivity contribution is -0.141. The second-order valence-corrected chi connectivity index (χ2v) is 10.7. The van der Waals surface area contributed by atoms with Crippen LogP contribution in [0.1, 0.15) is 54.5 Å². The fourth-order valence-electron chi connectivity index (χ4n) is 5.40. The van der Waals surface area contributed by atoms with Crippen molar-refractivity contribution >= 4 is 17.5 Å². The molecule has 1 saturated heterocycles. The van der Waals surface area contributed by atoms with Crippen LogP contribution in [0, 0.1) is 5.92 Å². The molecule has 2 aromatic heterocycles. The SMILES string of the molecule is FC(F)(F)c1ccnc(N2CCC(c3nnc4n3-c3ccc(Cl)cc3CN(CC(F)(F)C3CC3)C4)CC2)n1. The molecule has 0 radical (unpaired) electrons. The number of aromatic nitrogens is 5. The second-order valence-electron chi connectivity index (χ2n) is 10.3. The van der Waals surface area contributed by atoms with E-state index in [1.165, 1.54) is 0 Å². The molecule has 3 aromatic rings. The molecule has 4 heterocycles. The number of halogens is 6. The summed E-state index contributed by atoms with van der Waals surface area (Å²) in [6.45, 7) is 1.06. The van der Waals surface area contributed by atoms with Crippen LogP contribution in [0.4, 0.5) is 27.9 Å². The van der Waals surface area contributed by atoms with E-state index in [0.717, 1.165) is 23.5 Å². The summed E-state index contributed by atoms with van der Waals surface area (Å²) in [7, 11) is 0. The lowest BCUT2D eigenvalue weighted by Crippen LogP contribution is -2.37. The van der Waals surface area contributed by atoms with Crippen molar-refractivity contribution in [2.24, 2.45) is 5.92 Å². The zero-order valence-corrected chi connectivity index (χ0v) is 21.1. The molecule has 2 aliphatic heterocycles. The molecule has 3 aliphatic rings. The number of fused-ring (bicyclic) bond motifs is 3. The van der Waals surface area contributed by atoms with Gasteiger partial charge in [0.2, 0.25) is 5.95 Å². The van der Waals surface area contributed by atoms with Gasteiger partial charge in [-0.25, -0.2) is 18.7 Å². The first-order chi connectivity index (χ1) is 18.1. The molecule has 0 bridgehead atoms. The van der Waals surface area contributed by atoms with E-state index in [1.54, 1.807) is 21.9 Å². The van der Waals surface area contributed by atoms with Crippen molar-refractivity contribution < 1.29 is 22.0 Å². The van der Waals surface area contributed by atoms with Crippen LogP contribution in [0.3, 0.4) is 0 Å². The van der Waals surface area contributed by atoms with E-state index in [1.807, 2.05) is 10.6 Å². The molecular formula is C25H25ClF5N7. The van der Waals surface area contributed by atoms with Crippen LogP contribution < -0.4 is 4.90 Å². The first kappa shape index (κ1) is 25.4. The summed E-state index contributed by atoms with van der Waals surface area (Å²) in [6.07, 6.45) is -1.12. The summed E-state index contributed by atoms with van der Waals surface area (Å²) in [6, 6.07) is 6.28. The first-order valence-electron chi connectivity index (χ1n) is 12.6. The zero-order valence-electron chi connectivity index (χ0n) is 20.3. The number of rotatable bonds is 5. The largest absolute Gasteiger partial charge is 0.433 e. The van der Waals surface area contributed by atoms with Crippen molar-refractivity contribution in [3.05, 3.63) is 58.4 Å². The molecule has 6 rings (SSSR count). The van der Waals surface area contributed by atoms with Gasteiger partial charge in [0.25, 0.3) is 5.92 Å². The second kappa shape index (κ2) is 9.41. The minimum absolute atomic E-state index is 0.0266. The van der Waals surface area contributed by atoms with Gasteiger partial charge in [-0.3, -0.25) is 9.47 Å². The molecule has 202 valence electrons. The Morgan fingerprint density at radius 3 is 2.42 bits per heavy atom. The zero-order chi connectivity index (χ0) is 26.7. The number of piperidine rings is 1. The highest BCUT2D eigenvalue weighted by molar-refractivity contribution is 6.30. The third-order valence-corrected chi connectivity index (χ3v) is 7.72. The Labute approximate surface area is 220 Å². The Morgan fingerprint density at radius 1 is 0.947 bits per heavy atom. The van der Waals surface area contributed by atoms with E-state index in [-0.39, 0.29) is 25.0 Å². The van der Waals surface area contributed by atoms with Crippen LogP contribution in [0.25, 0.3) is 5.69 Å². The van der Waals surface area contributed by atoms with Crippen LogP contribution in [0.15, 0.2) is 30.5 Å². The van der Waals surface area contributed by atoms with Crippen molar-refractivity contribution in [2.75, 3.05) is 24.5 Å². The molecule has 7 nitrogen and oxygen atoms in total. The molecule has 1 aromatic carbocycles. The molecule has 38 heavy (non-hydrogen) atoms. The molecule has 0 N–H and O–H groups in total. The molecule has 0 unspecified atom stereocenters. The summed E-state index contributed by atoms with van der Waals surface area (Å²) in [5.41, 5.74) is 0.656. The number of alkyl halides is 5. The van der Waals surface area contributed by atoms with Crippen molar-refractivity contribution in [1.29, 1.82) is 0 Å². The van der Waals surface area contributed by atoms with Crippen LogP contribution in [-0.4, -0.2) is 55.2 Å². The summed E-state index contributed by atoms with van der Waals surface area (Å²) in [4.78, 5) is 11.2. The quantitative estimate of drug-likeness (QED) is 0.390. The Balaban J connectivity index is 1.25. The number of anilines is 1. The smallest absolute Gasteiger partial charge is 0.341 e. The summed E-state index contributed by atoms with van der Waals surface area (Å²) < 4.78 is 70.7. The van der Waals surface area contributed by atoms with E-state index in [0.29, 0.717) is 62.0 Å². The average Bonchev–Trinajstić information content (AvgIpc) is 3.68. The topological polar surface area (TPSA) is 63.0 Å². The molecule has 1 aliphatic carbocycles. The van der Waals surface area contributed by atoms with Crippen LogP contribution in [0.2, 0.25) is 5.02 Å². The lowest BCUT2D eigenvalue weighted by Gasteiger charge is -2.32. The van der Waals surface area contributed by atoms with Gasteiger partial charge in [0, 0.05) is 42.7 Å². The Kier molecular flexibility index (Phi) is 6.29. The van der Waals surface area contributed by atoms with E-state index in [4.69, 9.17) is 11.6 Å². The number of nitrogens with zero attached hydrogens (tertiary/aromatic N) is 7. The third kappa shape index (κ3) is 4.95. The Hall–Kier alpha value is -2.86. The maximum Gasteiger partial charge on any atom is 0.433 e. The third-order valence-electron chi connectivity index (χ3n) is 7.48. The molecule has 1 saturated carbocycles. The van der Waals surface area contributed by atoms with E-state index in [2.05, 4.69) is 20.2 Å². The van der Waals surface area contributed by atoms with Gasteiger partial charge in [-0.2, -0.15) is 13.2 Å². The molecule has 0 amide bonds. The van der Waals surface area contributed by atoms with E-state index >= 15 is 0 Å². The molecule has 2 fully saturated rings. The van der Waals surface area contributed by atoms with E-state index in [9.17, 15) is 22.0 Å². The maximum atomic E-state index is 14.7. The monoisotopic (exact) mass is 553 g/mol. The van der Waals surface area contributed by atoms with Gasteiger partial charge in [-0.15, -0.1) is 10.2 Å². The van der Waals surface area contributed by atoms with Gasteiger partial charge >= 0.3 is 6.18 Å². The highest BCUT2D eigenvalue weighted by Crippen LogP contribution is 2.44. The van der Waals surface area contributed by atoms with Crippen LogP contribution in [-0.2, 0) is 19.3 Å². The van der Waals surface area contributed by atoms with Crippen molar-refractivity contribution in [3.63, 3.8) is 0 Å². The Morgan fingerprint density at radius 2 is 1.71 bits per heavy atom. The number of hydrogen-bond donors (Lipinski definition) is 0. The summed E-state index contributed by atoms with van der Waals surface area (Å²) in [5, 5.41) is 9.39. The van der Waals surface area contributed by atoms with E-state index < -0.39 is 23.7 Å². The molecule has 0 atom stereocenters. The van der Waals surface area contributed by atoms with Gasteiger partial charge in [0.15, 0.2) is 5.82 Å². The fourth-order valence-corrected chi connectivity index (χ4v) is 5.59. The molecule has 0 spiro atoms. The van der Waals surface area contributed by atoms with Crippen molar-refractivity contribution in [2.45, 2.75) is 56.8 Å². The maximum absolute atomic E-state index is 14.7. The van der Waals surface area contributed by atoms with Crippen LogP contribution in [0.5, 0.6) is 0 Å². The minimum atomic E-state index is -4.54. The Bertz CT molecular complexity index is 1330. The highest BCUT2D eigenvalue weighted by Gasteiger charge is 2.48. The molecule has 13 heteroatoms.